The Hall–Kier alpha value is -1.71. The third kappa shape index (κ3) is 2.52. The molecule has 1 heterocycles. The maximum absolute atomic E-state index is 11.6. The van der Waals surface area contributed by atoms with E-state index < -0.39 is 6.10 Å². The van der Waals surface area contributed by atoms with Gasteiger partial charge in [0.25, 0.3) is 0 Å². The van der Waals surface area contributed by atoms with E-state index in [1.165, 1.54) is 0 Å². The number of carbonyl (C=O) groups excluding carboxylic acids is 1. The maximum atomic E-state index is 11.6. The molecule has 0 N–H and O–H groups in total. The molecule has 17 heavy (non-hydrogen) atoms. The van der Waals surface area contributed by atoms with Crippen molar-refractivity contribution in [3.63, 3.8) is 0 Å². The third-order valence-electron chi connectivity index (χ3n) is 2.77. The summed E-state index contributed by atoms with van der Waals surface area (Å²) < 4.78 is 15.7. The number of fused-ring (bicyclic) bond motifs is 1. The fourth-order valence-corrected chi connectivity index (χ4v) is 1.88. The van der Waals surface area contributed by atoms with E-state index in [9.17, 15) is 4.79 Å². The lowest BCUT2D eigenvalue weighted by Gasteiger charge is -2.24. The molecule has 1 aliphatic heterocycles. The molecular weight excluding hydrogens is 220 g/mol. The highest BCUT2D eigenvalue weighted by atomic mass is 16.6. The van der Waals surface area contributed by atoms with Gasteiger partial charge in [0.05, 0.1) is 13.7 Å². The van der Waals surface area contributed by atoms with Crippen LogP contribution in [0, 0.1) is 0 Å². The molecule has 0 aliphatic carbocycles. The number of benzene rings is 1. The molecule has 0 spiro atoms. The number of ether oxygens (including phenoxy) is 3. The Morgan fingerprint density at radius 2 is 2.35 bits per heavy atom. The van der Waals surface area contributed by atoms with Gasteiger partial charge in [-0.05, 0) is 31.4 Å². The van der Waals surface area contributed by atoms with Crippen molar-refractivity contribution in [2.24, 2.45) is 0 Å². The SMILES string of the molecule is CCOC(=O)[C@H]1CCc2ccc(OC)cc2O1. The lowest BCUT2D eigenvalue weighted by molar-refractivity contribution is -0.152. The fraction of sp³-hybridized carbons (Fsp3) is 0.462. The van der Waals surface area contributed by atoms with Crippen LogP contribution in [0.5, 0.6) is 11.5 Å². The van der Waals surface area contributed by atoms with Crippen LogP contribution in [0.1, 0.15) is 18.9 Å². The van der Waals surface area contributed by atoms with E-state index in [4.69, 9.17) is 14.2 Å². The molecule has 2 rings (SSSR count). The van der Waals surface area contributed by atoms with E-state index in [1.807, 2.05) is 12.1 Å². The van der Waals surface area contributed by atoms with Crippen LogP contribution in [0.15, 0.2) is 18.2 Å². The van der Waals surface area contributed by atoms with Crippen LogP contribution in [0.4, 0.5) is 0 Å². The lowest BCUT2D eigenvalue weighted by Crippen LogP contribution is -2.32. The molecule has 0 bridgehead atoms. The molecule has 0 aromatic heterocycles. The Balaban J connectivity index is 2.14. The standard InChI is InChI=1S/C13H16O4/c1-3-16-13(14)11-7-5-9-4-6-10(15-2)8-12(9)17-11/h4,6,8,11H,3,5,7H2,1-2H3/t11-/m1/s1. The summed E-state index contributed by atoms with van der Waals surface area (Å²) in [6.45, 7) is 2.17. The van der Waals surface area contributed by atoms with Gasteiger partial charge >= 0.3 is 5.97 Å². The van der Waals surface area contributed by atoms with E-state index in [0.717, 1.165) is 17.7 Å². The third-order valence-corrected chi connectivity index (χ3v) is 2.77. The van der Waals surface area contributed by atoms with E-state index in [2.05, 4.69) is 0 Å². The molecular formula is C13H16O4. The number of aryl methyl sites for hydroxylation is 1. The molecule has 0 saturated carbocycles. The van der Waals surface area contributed by atoms with Crippen LogP contribution in [-0.4, -0.2) is 25.8 Å². The minimum Gasteiger partial charge on any atom is -0.497 e. The number of esters is 1. The zero-order valence-corrected chi connectivity index (χ0v) is 10.1. The van der Waals surface area contributed by atoms with Crippen molar-refractivity contribution in [1.82, 2.24) is 0 Å². The molecule has 92 valence electrons. The van der Waals surface area contributed by atoms with Gasteiger partial charge in [0, 0.05) is 6.07 Å². The second-order valence-electron chi connectivity index (χ2n) is 3.87. The highest BCUT2D eigenvalue weighted by Crippen LogP contribution is 2.31. The second-order valence-corrected chi connectivity index (χ2v) is 3.87. The Morgan fingerprint density at radius 3 is 3.06 bits per heavy atom. The van der Waals surface area contributed by atoms with Gasteiger partial charge in [-0.25, -0.2) is 4.79 Å². The van der Waals surface area contributed by atoms with E-state index >= 15 is 0 Å². The monoisotopic (exact) mass is 236 g/mol. The van der Waals surface area contributed by atoms with Crippen LogP contribution < -0.4 is 9.47 Å². The first kappa shape index (κ1) is 11.8. The first-order valence-electron chi connectivity index (χ1n) is 5.74. The molecule has 1 atom stereocenters. The van der Waals surface area contributed by atoms with Crippen molar-refractivity contribution in [3.8, 4) is 11.5 Å². The number of rotatable bonds is 3. The average molecular weight is 236 g/mol. The number of methoxy groups -OCH3 is 1. The van der Waals surface area contributed by atoms with Crippen molar-refractivity contribution in [3.05, 3.63) is 23.8 Å². The van der Waals surface area contributed by atoms with Gasteiger partial charge in [0.1, 0.15) is 11.5 Å². The van der Waals surface area contributed by atoms with Gasteiger partial charge in [-0.3, -0.25) is 0 Å². The topological polar surface area (TPSA) is 44.8 Å². The van der Waals surface area contributed by atoms with Crippen LogP contribution >= 0.6 is 0 Å². The lowest BCUT2D eigenvalue weighted by atomic mass is 10.0. The smallest absolute Gasteiger partial charge is 0.347 e. The summed E-state index contributed by atoms with van der Waals surface area (Å²) in [5.41, 5.74) is 1.10. The summed E-state index contributed by atoms with van der Waals surface area (Å²) in [5.74, 6) is 1.16. The molecule has 1 aromatic carbocycles. The summed E-state index contributed by atoms with van der Waals surface area (Å²) in [6.07, 6.45) is 0.996. The zero-order valence-electron chi connectivity index (χ0n) is 10.1. The Kier molecular flexibility index (Phi) is 3.52. The van der Waals surface area contributed by atoms with Crippen LogP contribution in [0.25, 0.3) is 0 Å². The van der Waals surface area contributed by atoms with Gasteiger partial charge in [0.15, 0.2) is 6.10 Å². The Bertz CT molecular complexity index is 414. The summed E-state index contributed by atoms with van der Waals surface area (Å²) in [4.78, 5) is 11.6. The van der Waals surface area contributed by atoms with Gasteiger partial charge in [0.2, 0.25) is 0 Å². The quantitative estimate of drug-likeness (QED) is 0.752. The maximum Gasteiger partial charge on any atom is 0.347 e. The van der Waals surface area contributed by atoms with Gasteiger partial charge in [-0.1, -0.05) is 6.07 Å². The van der Waals surface area contributed by atoms with Gasteiger partial charge in [-0.2, -0.15) is 0 Å². The van der Waals surface area contributed by atoms with Gasteiger partial charge in [-0.15, -0.1) is 0 Å². The average Bonchev–Trinajstić information content (AvgIpc) is 2.37. The van der Waals surface area contributed by atoms with E-state index in [1.54, 1.807) is 20.1 Å². The molecule has 0 saturated heterocycles. The van der Waals surface area contributed by atoms with E-state index in [-0.39, 0.29) is 5.97 Å². The molecule has 4 nitrogen and oxygen atoms in total. The minimum absolute atomic E-state index is 0.291. The van der Waals surface area contributed by atoms with E-state index in [0.29, 0.717) is 18.8 Å². The summed E-state index contributed by atoms with van der Waals surface area (Å²) in [6, 6.07) is 5.67. The highest BCUT2D eigenvalue weighted by Gasteiger charge is 2.27. The fourth-order valence-electron chi connectivity index (χ4n) is 1.88. The number of carbonyl (C=O) groups is 1. The molecule has 0 amide bonds. The number of hydrogen-bond donors (Lipinski definition) is 0. The normalized spacial score (nSPS) is 17.9. The Morgan fingerprint density at radius 1 is 1.53 bits per heavy atom. The van der Waals surface area contributed by atoms with Crippen LogP contribution in [-0.2, 0) is 16.0 Å². The highest BCUT2D eigenvalue weighted by molar-refractivity contribution is 5.75. The van der Waals surface area contributed by atoms with Crippen molar-refractivity contribution in [1.29, 1.82) is 0 Å². The first-order chi connectivity index (χ1) is 8.24. The molecule has 1 aromatic rings. The van der Waals surface area contributed by atoms with Crippen LogP contribution in [0.3, 0.4) is 0 Å². The van der Waals surface area contributed by atoms with Crippen molar-refractivity contribution in [2.45, 2.75) is 25.9 Å². The second kappa shape index (κ2) is 5.08. The first-order valence-corrected chi connectivity index (χ1v) is 5.74. The van der Waals surface area contributed by atoms with Crippen molar-refractivity contribution in [2.75, 3.05) is 13.7 Å². The van der Waals surface area contributed by atoms with Gasteiger partial charge < -0.3 is 14.2 Å². The predicted molar refractivity (Wildman–Crippen MR) is 62.4 cm³/mol. The van der Waals surface area contributed by atoms with Crippen LogP contribution in [0.2, 0.25) is 0 Å². The summed E-state index contributed by atoms with van der Waals surface area (Å²) >= 11 is 0. The molecule has 0 unspecified atom stereocenters. The molecule has 0 radical (unpaired) electrons. The molecule has 4 heteroatoms. The summed E-state index contributed by atoms with van der Waals surface area (Å²) in [5, 5.41) is 0. The predicted octanol–water partition coefficient (Wildman–Crippen LogP) is 1.95. The summed E-state index contributed by atoms with van der Waals surface area (Å²) in [7, 11) is 1.60. The molecule has 0 fully saturated rings. The largest absolute Gasteiger partial charge is 0.497 e. The minimum atomic E-state index is -0.491. The number of hydrogen-bond acceptors (Lipinski definition) is 4. The Labute approximate surface area is 100 Å². The van der Waals surface area contributed by atoms with Crippen molar-refractivity contribution < 1.29 is 19.0 Å². The molecule has 1 aliphatic rings. The van der Waals surface area contributed by atoms with Crippen molar-refractivity contribution >= 4 is 5.97 Å². The zero-order chi connectivity index (χ0) is 12.3.